The summed E-state index contributed by atoms with van der Waals surface area (Å²) in [6.07, 6.45) is -5.04. The fourth-order valence-electron chi connectivity index (χ4n) is 1.96. The maximum Gasteiger partial charge on any atom is 0.433 e. The molecule has 2 aromatic rings. The van der Waals surface area contributed by atoms with Gasteiger partial charge in [-0.25, -0.2) is 13.8 Å². The Morgan fingerprint density at radius 2 is 1.87 bits per heavy atom. The first-order valence-electron chi connectivity index (χ1n) is 5.88. The molecule has 0 saturated carbocycles. The van der Waals surface area contributed by atoms with Crippen molar-refractivity contribution in [1.82, 2.24) is 9.13 Å². The number of rotatable bonds is 1. The molecular formula is C13H6ClF4N3O2. The Bertz CT molecular complexity index is 917. The Hall–Kier alpha value is -2.60. The Morgan fingerprint density at radius 1 is 1.26 bits per heavy atom. The first-order valence-corrected chi connectivity index (χ1v) is 6.26. The van der Waals surface area contributed by atoms with Gasteiger partial charge in [0.2, 0.25) is 0 Å². The second-order valence-electron chi connectivity index (χ2n) is 4.42. The molecule has 0 aliphatic rings. The third-order valence-corrected chi connectivity index (χ3v) is 3.34. The van der Waals surface area contributed by atoms with Crippen molar-refractivity contribution in [2.75, 3.05) is 0 Å². The Morgan fingerprint density at radius 3 is 2.35 bits per heavy atom. The molecule has 23 heavy (non-hydrogen) atoms. The molecular weight excluding hydrogens is 342 g/mol. The van der Waals surface area contributed by atoms with E-state index < -0.39 is 39.6 Å². The minimum atomic E-state index is -5.04. The first-order chi connectivity index (χ1) is 10.6. The predicted octanol–water partition coefficient (Wildman–Crippen LogP) is 2.22. The van der Waals surface area contributed by atoms with Gasteiger partial charge in [0.25, 0.3) is 5.56 Å². The number of benzene rings is 1. The zero-order valence-electron chi connectivity index (χ0n) is 11.3. The molecule has 0 atom stereocenters. The van der Waals surface area contributed by atoms with Gasteiger partial charge in [0.15, 0.2) is 5.69 Å². The maximum absolute atomic E-state index is 14.0. The molecule has 1 aromatic carbocycles. The molecule has 0 spiro atoms. The lowest BCUT2D eigenvalue weighted by molar-refractivity contribution is -0.143. The topological polar surface area (TPSA) is 67.8 Å². The lowest BCUT2D eigenvalue weighted by Crippen LogP contribution is -2.42. The van der Waals surface area contributed by atoms with E-state index in [-0.39, 0.29) is 14.7 Å². The number of alkyl halides is 3. The molecule has 1 aromatic heterocycles. The van der Waals surface area contributed by atoms with Crippen LogP contribution in [-0.2, 0) is 13.2 Å². The zero-order chi connectivity index (χ0) is 17.5. The van der Waals surface area contributed by atoms with Crippen molar-refractivity contribution >= 4 is 11.6 Å². The van der Waals surface area contributed by atoms with Gasteiger partial charge >= 0.3 is 11.9 Å². The second kappa shape index (κ2) is 5.55. The van der Waals surface area contributed by atoms with Crippen molar-refractivity contribution in [2.24, 2.45) is 7.05 Å². The standard InChI is InChI=1S/C13H6ClF4N3O2/c1-20-10(13(16,17)18)9(14)11(22)21(12(20)23)8-3-2-6(5-19)4-7(8)15/h2-4H,1H3. The van der Waals surface area contributed by atoms with Crippen LogP contribution in [0.25, 0.3) is 5.69 Å². The molecule has 0 radical (unpaired) electrons. The normalized spacial score (nSPS) is 11.3. The van der Waals surface area contributed by atoms with Crippen molar-refractivity contribution in [2.45, 2.75) is 6.18 Å². The van der Waals surface area contributed by atoms with E-state index in [0.717, 1.165) is 25.2 Å². The van der Waals surface area contributed by atoms with Gasteiger partial charge in [0.05, 0.1) is 17.3 Å². The second-order valence-corrected chi connectivity index (χ2v) is 4.80. The summed E-state index contributed by atoms with van der Waals surface area (Å²) in [6.45, 7) is 0. The van der Waals surface area contributed by atoms with Crippen LogP contribution in [-0.4, -0.2) is 9.13 Å². The highest BCUT2D eigenvalue weighted by Crippen LogP contribution is 2.31. The molecule has 0 aliphatic carbocycles. The Kier molecular flexibility index (Phi) is 4.05. The van der Waals surface area contributed by atoms with Crippen LogP contribution in [0.1, 0.15) is 11.3 Å². The summed E-state index contributed by atoms with van der Waals surface area (Å²) in [7, 11) is 0.758. The van der Waals surface area contributed by atoms with Crippen LogP contribution in [0.15, 0.2) is 27.8 Å². The van der Waals surface area contributed by atoms with E-state index in [4.69, 9.17) is 16.9 Å². The predicted molar refractivity (Wildman–Crippen MR) is 72.0 cm³/mol. The van der Waals surface area contributed by atoms with E-state index in [1.807, 2.05) is 0 Å². The number of halogens is 5. The molecule has 0 amide bonds. The minimum absolute atomic E-state index is 0.0888. The average molecular weight is 348 g/mol. The molecule has 2 rings (SSSR count). The van der Waals surface area contributed by atoms with Gasteiger partial charge < -0.3 is 0 Å². The van der Waals surface area contributed by atoms with E-state index in [1.165, 1.54) is 0 Å². The molecule has 120 valence electrons. The number of nitriles is 1. The van der Waals surface area contributed by atoms with Gasteiger partial charge in [0.1, 0.15) is 10.8 Å². The lowest BCUT2D eigenvalue weighted by Gasteiger charge is -2.16. The summed E-state index contributed by atoms with van der Waals surface area (Å²) in [5.74, 6) is -1.13. The van der Waals surface area contributed by atoms with Crippen LogP contribution in [0.2, 0.25) is 5.02 Å². The largest absolute Gasteiger partial charge is 0.433 e. The first kappa shape index (κ1) is 16.8. The number of hydrogen-bond donors (Lipinski definition) is 0. The van der Waals surface area contributed by atoms with Crippen molar-refractivity contribution in [3.63, 3.8) is 0 Å². The number of aromatic nitrogens is 2. The summed E-state index contributed by atoms with van der Waals surface area (Å²) >= 11 is 5.43. The lowest BCUT2D eigenvalue weighted by atomic mass is 10.2. The average Bonchev–Trinajstić information content (AvgIpc) is 2.45. The van der Waals surface area contributed by atoms with Gasteiger partial charge in [-0.15, -0.1) is 0 Å². The monoisotopic (exact) mass is 347 g/mol. The minimum Gasteiger partial charge on any atom is -0.291 e. The quantitative estimate of drug-likeness (QED) is 0.743. The smallest absolute Gasteiger partial charge is 0.291 e. The number of nitrogens with zero attached hydrogens (tertiary/aromatic N) is 3. The van der Waals surface area contributed by atoms with Crippen LogP contribution < -0.4 is 11.2 Å². The molecule has 0 N–H and O–H groups in total. The fraction of sp³-hybridized carbons (Fsp3) is 0.154. The summed E-state index contributed by atoms with van der Waals surface area (Å²) in [5, 5.41) is 7.39. The third kappa shape index (κ3) is 2.73. The van der Waals surface area contributed by atoms with Crippen molar-refractivity contribution < 1.29 is 17.6 Å². The third-order valence-electron chi connectivity index (χ3n) is 3.00. The van der Waals surface area contributed by atoms with Gasteiger partial charge in [-0.2, -0.15) is 18.4 Å². The molecule has 10 heteroatoms. The van der Waals surface area contributed by atoms with Gasteiger partial charge in [-0.05, 0) is 18.2 Å². The maximum atomic E-state index is 14.0. The van der Waals surface area contributed by atoms with E-state index in [9.17, 15) is 27.2 Å². The zero-order valence-corrected chi connectivity index (χ0v) is 12.0. The van der Waals surface area contributed by atoms with Crippen LogP contribution >= 0.6 is 11.6 Å². The SMILES string of the molecule is Cn1c(C(F)(F)F)c(Cl)c(=O)n(-c2ccc(C#N)cc2F)c1=O. The highest BCUT2D eigenvalue weighted by atomic mass is 35.5. The molecule has 0 saturated heterocycles. The van der Waals surface area contributed by atoms with Crippen molar-refractivity contribution in [1.29, 1.82) is 5.26 Å². The van der Waals surface area contributed by atoms with Crippen LogP contribution in [0.3, 0.4) is 0 Å². The van der Waals surface area contributed by atoms with Crippen LogP contribution in [0.4, 0.5) is 17.6 Å². The molecule has 5 nitrogen and oxygen atoms in total. The highest BCUT2D eigenvalue weighted by molar-refractivity contribution is 6.31. The highest BCUT2D eigenvalue weighted by Gasteiger charge is 2.39. The van der Waals surface area contributed by atoms with E-state index in [2.05, 4.69) is 0 Å². The molecule has 0 aliphatic heterocycles. The summed E-state index contributed by atoms with van der Waals surface area (Å²) < 4.78 is 52.9. The summed E-state index contributed by atoms with van der Waals surface area (Å²) in [5.41, 5.74) is -5.25. The van der Waals surface area contributed by atoms with Crippen LogP contribution in [0, 0.1) is 17.1 Å². The fourth-order valence-corrected chi connectivity index (χ4v) is 2.28. The molecule has 0 unspecified atom stereocenters. The summed E-state index contributed by atoms with van der Waals surface area (Å²) in [4.78, 5) is 24.1. The van der Waals surface area contributed by atoms with Crippen molar-refractivity contribution in [3.8, 4) is 11.8 Å². The van der Waals surface area contributed by atoms with E-state index >= 15 is 0 Å². The van der Waals surface area contributed by atoms with Gasteiger partial charge in [0, 0.05) is 7.05 Å². The Labute approximate surface area is 130 Å². The number of hydrogen-bond acceptors (Lipinski definition) is 3. The summed E-state index contributed by atoms with van der Waals surface area (Å²) in [6, 6.07) is 4.42. The molecule has 1 heterocycles. The molecule has 0 fully saturated rings. The van der Waals surface area contributed by atoms with E-state index in [0.29, 0.717) is 0 Å². The van der Waals surface area contributed by atoms with Gasteiger partial charge in [-0.1, -0.05) is 11.6 Å². The van der Waals surface area contributed by atoms with E-state index in [1.54, 1.807) is 6.07 Å². The molecule has 0 bridgehead atoms. The Balaban J connectivity index is 2.90. The van der Waals surface area contributed by atoms with Crippen molar-refractivity contribution in [3.05, 3.63) is 61.1 Å². The van der Waals surface area contributed by atoms with Crippen LogP contribution in [0.5, 0.6) is 0 Å². The van der Waals surface area contributed by atoms with Gasteiger partial charge in [-0.3, -0.25) is 9.36 Å².